The molecule has 0 bridgehead atoms. The van der Waals surface area contributed by atoms with Crippen LogP contribution in [0.2, 0.25) is 5.02 Å². The standard InChI is InChI=1S/C30H24ClNO5/c1-14-4-3-5-19(27(14)34)24-18-10-11-20-25(21(18)13-22-23(33)12-15(2)28(35)26(22)24)30(37)32(29(20)36)17-8-6-16(31)7-9-17/h3-10,12,20-21,24-25,34H,11,13H2,1-2H3/t20-,21+,24+,25-/m0/s1. The number of para-hydroxylation sites is 1. The molecule has 6 nitrogen and oxygen atoms in total. The highest BCUT2D eigenvalue weighted by molar-refractivity contribution is 6.31. The van der Waals surface area contributed by atoms with Crippen molar-refractivity contribution < 1.29 is 24.3 Å². The van der Waals surface area contributed by atoms with Crippen LogP contribution < -0.4 is 4.90 Å². The molecule has 0 radical (unpaired) electrons. The van der Waals surface area contributed by atoms with Gasteiger partial charge in [-0.1, -0.05) is 41.4 Å². The maximum atomic E-state index is 13.8. The molecule has 0 spiro atoms. The van der Waals surface area contributed by atoms with Crippen molar-refractivity contribution >= 4 is 40.7 Å². The lowest BCUT2D eigenvalue weighted by Crippen LogP contribution is -2.39. The zero-order valence-electron chi connectivity index (χ0n) is 20.3. The van der Waals surface area contributed by atoms with E-state index >= 15 is 0 Å². The number of amides is 2. The van der Waals surface area contributed by atoms with Gasteiger partial charge in [0, 0.05) is 33.2 Å². The summed E-state index contributed by atoms with van der Waals surface area (Å²) >= 11 is 6.02. The molecule has 6 rings (SSSR count). The van der Waals surface area contributed by atoms with E-state index in [4.69, 9.17) is 11.6 Å². The number of rotatable bonds is 2. The van der Waals surface area contributed by atoms with Crippen LogP contribution in [0.3, 0.4) is 0 Å². The fraction of sp³-hybridized carbons (Fsp3) is 0.267. The molecule has 0 aromatic heterocycles. The van der Waals surface area contributed by atoms with Crippen LogP contribution in [-0.4, -0.2) is 28.5 Å². The van der Waals surface area contributed by atoms with E-state index in [-0.39, 0.29) is 35.6 Å². The Morgan fingerprint density at radius 1 is 0.946 bits per heavy atom. The summed E-state index contributed by atoms with van der Waals surface area (Å²) < 4.78 is 0. The van der Waals surface area contributed by atoms with E-state index < -0.39 is 23.7 Å². The Morgan fingerprint density at radius 2 is 1.68 bits per heavy atom. The lowest BCUT2D eigenvalue weighted by molar-refractivity contribution is -0.123. The number of carbonyl (C=O) groups is 4. The highest BCUT2D eigenvalue weighted by Crippen LogP contribution is 2.56. The van der Waals surface area contributed by atoms with Crippen molar-refractivity contribution in [2.45, 2.75) is 32.6 Å². The first-order chi connectivity index (χ1) is 17.7. The first kappa shape index (κ1) is 23.6. The average Bonchev–Trinajstić information content (AvgIpc) is 3.13. The molecule has 1 aliphatic heterocycles. The normalized spacial score (nSPS) is 27.1. The highest BCUT2D eigenvalue weighted by atomic mass is 35.5. The van der Waals surface area contributed by atoms with E-state index in [9.17, 15) is 24.3 Å². The van der Waals surface area contributed by atoms with E-state index in [2.05, 4.69) is 0 Å². The van der Waals surface area contributed by atoms with Crippen LogP contribution in [0.15, 0.2) is 76.9 Å². The summed E-state index contributed by atoms with van der Waals surface area (Å²) in [5.74, 6) is -3.34. The molecule has 186 valence electrons. The Morgan fingerprint density at radius 3 is 2.41 bits per heavy atom. The van der Waals surface area contributed by atoms with Crippen LogP contribution in [0.4, 0.5) is 5.69 Å². The highest BCUT2D eigenvalue weighted by Gasteiger charge is 2.56. The number of carbonyl (C=O) groups excluding carboxylic acids is 4. The molecule has 1 saturated heterocycles. The van der Waals surface area contributed by atoms with Crippen molar-refractivity contribution in [1.29, 1.82) is 0 Å². The molecule has 3 aliphatic carbocycles. The summed E-state index contributed by atoms with van der Waals surface area (Å²) in [4.78, 5) is 55.2. The lowest BCUT2D eigenvalue weighted by atomic mass is 9.59. The van der Waals surface area contributed by atoms with Crippen molar-refractivity contribution in [2.75, 3.05) is 4.90 Å². The SMILES string of the molecule is CC1=CC(=O)C2=C(C1=O)[C@@H](c1cccc(C)c1O)C1=CC[C@@H]3C(=O)N(c4ccc(Cl)cc4)C(=O)[C@@H]3[C@@H]1C2. The molecule has 4 atom stereocenters. The Labute approximate surface area is 218 Å². The number of Topliss-reactive ketones (excluding diaryl/α,β-unsaturated/α-hetero) is 1. The summed E-state index contributed by atoms with van der Waals surface area (Å²) in [6.07, 6.45) is 3.84. The molecule has 7 heteroatoms. The number of nitrogens with zero attached hydrogens (tertiary/aromatic N) is 1. The Bertz CT molecular complexity index is 1510. The maximum absolute atomic E-state index is 13.8. The van der Waals surface area contributed by atoms with Crippen LogP contribution in [0, 0.1) is 24.7 Å². The summed E-state index contributed by atoms with van der Waals surface area (Å²) in [5.41, 5.74) is 3.56. The Balaban J connectivity index is 1.50. The molecule has 0 unspecified atom stereocenters. The van der Waals surface area contributed by atoms with Gasteiger partial charge in [0.05, 0.1) is 17.5 Å². The zero-order chi connectivity index (χ0) is 26.2. The van der Waals surface area contributed by atoms with Gasteiger partial charge in [0.2, 0.25) is 11.8 Å². The lowest BCUT2D eigenvalue weighted by Gasteiger charge is -2.42. The summed E-state index contributed by atoms with van der Waals surface area (Å²) in [5, 5.41) is 11.5. The maximum Gasteiger partial charge on any atom is 0.238 e. The number of fused-ring (bicyclic) bond motifs is 3. The van der Waals surface area contributed by atoms with Gasteiger partial charge in [-0.25, -0.2) is 0 Å². The topological polar surface area (TPSA) is 91.8 Å². The number of benzene rings is 2. The molecule has 1 heterocycles. The fourth-order valence-electron chi connectivity index (χ4n) is 6.48. The summed E-state index contributed by atoms with van der Waals surface area (Å²) in [6, 6.07) is 11.9. The van der Waals surface area contributed by atoms with Crippen LogP contribution in [0.5, 0.6) is 5.75 Å². The number of phenols is 1. The van der Waals surface area contributed by atoms with Crippen molar-refractivity contribution in [3.63, 3.8) is 0 Å². The van der Waals surface area contributed by atoms with Gasteiger partial charge in [-0.3, -0.25) is 24.1 Å². The third kappa shape index (κ3) is 3.39. The minimum atomic E-state index is -0.665. The number of aromatic hydroxyl groups is 1. The number of hydrogen-bond donors (Lipinski definition) is 1. The van der Waals surface area contributed by atoms with Gasteiger partial charge in [0.25, 0.3) is 0 Å². The molecular weight excluding hydrogens is 490 g/mol. The third-order valence-corrected chi connectivity index (χ3v) is 8.48. The molecule has 37 heavy (non-hydrogen) atoms. The fourth-order valence-corrected chi connectivity index (χ4v) is 6.60. The molecule has 2 aromatic carbocycles. The molecule has 2 aromatic rings. The number of imide groups is 1. The summed E-state index contributed by atoms with van der Waals surface area (Å²) in [6.45, 7) is 3.40. The van der Waals surface area contributed by atoms with Crippen LogP contribution in [-0.2, 0) is 19.2 Å². The second-order valence-corrected chi connectivity index (χ2v) is 10.7. The minimum Gasteiger partial charge on any atom is -0.507 e. The van der Waals surface area contributed by atoms with Gasteiger partial charge in [0.1, 0.15) is 5.75 Å². The number of anilines is 1. The van der Waals surface area contributed by atoms with Crippen LogP contribution in [0.1, 0.15) is 36.8 Å². The number of allylic oxidation sites excluding steroid dienone is 6. The predicted octanol–water partition coefficient (Wildman–Crippen LogP) is 4.99. The van der Waals surface area contributed by atoms with E-state index in [1.54, 1.807) is 50.2 Å². The summed E-state index contributed by atoms with van der Waals surface area (Å²) in [7, 11) is 0. The Hall–Kier alpha value is -3.77. The van der Waals surface area contributed by atoms with E-state index in [0.717, 1.165) is 5.57 Å². The van der Waals surface area contributed by atoms with Gasteiger partial charge < -0.3 is 5.11 Å². The first-order valence-corrected chi connectivity index (χ1v) is 12.7. The number of halogens is 1. The minimum absolute atomic E-state index is 0.0621. The second kappa shape index (κ2) is 8.38. The third-order valence-electron chi connectivity index (χ3n) is 8.23. The molecule has 4 aliphatic rings. The van der Waals surface area contributed by atoms with E-state index in [1.807, 2.05) is 12.1 Å². The van der Waals surface area contributed by atoms with Crippen LogP contribution >= 0.6 is 11.6 Å². The molecular formula is C30H24ClNO5. The van der Waals surface area contributed by atoms with Crippen molar-refractivity contribution in [2.24, 2.45) is 17.8 Å². The van der Waals surface area contributed by atoms with E-state index in [0.29, 0.717) is 45.0 Å². The predicted molar refractivity (Wildman–Crippen MR) is 138 cm³/mol. The first-order valence-electron chi connectivity index (χ1n) is 12.3. The smallest absolute Gasteiger partial charge is 0.238 e. The molecule has 2 amide bonds. The Kier molecular flexibility index (Phi) is 5.35. The van der Waals surface area contributed by atoms with Crippen molar-refractivity contribution in [1.82, 2.24) is 0 Å². The van der Waals surface area contributed by atoms with Gasteiger partial charge in [-0.05, 0) is 68.5 Å². The zero-order valence-corrected chi connectivity index (χ0v) is 21.1. The van der Waals surface area contributed by atoms with Crippen LogP contribution in [0.25, 0.3) is 0 Å². The van der Waals surface area contributed by atoms with Gasteiger partial charge in [0.15, 0.2) is 11.6 Å². The molecule has 0 saturated carbocycles. The number of hydrogen-bond acceptors (Lipinski definition) is 5. The van der Waals surface area contributed by atoms with Gasteiger partial charge in [-0.2, -0.15) is 0 Å². The molecule has 1 fully saturated rings. The monoisotopic (exact) mass is 513 g/mol. The number of phenolic OH excluding ortho intramolecular Hbond substituents is 1. The van der Waals surface area contributed by atoms with Crippen molar-refractivity contribution in [3.05, 3.63) is 93.1 Å². The number of aryl methyl sites for hydroxylation is 1. The van der Waals surface area contributed by atoms with E-state index in [1.165, 1.54) is 11.0 Å². The number of ketones is 2. The van der Waals surface area contributed by atoms with Gasteiger partial charge >= 0.3 is 0 Å². The average molecular weight is 514 g/mol. The quantitative estimate of drug-likeness (QED) is 0.347. The molecule has 1 N–H and O–H groups in total. The van der Waals surface area contributed by atoms with Gasteiger partial charge in [-0.15, -0.1) is 0 Å². The van der Waals surface area contributed by atoms with Crippen molar-refractivity contribution in [3.8, 4) is 5.75 Å². The second-order valence-electron chi connectivity index (χ2n) is 10.2. The largest absolute Gasteiger partial charge is 0.507 e.